The van der Waals surface area contributed by atoms with E-state index in [1.54, 1.807) is 24.4 Å². The number of carbonyl (C=O) groups excluding carboxylic acids is 1. The summed E-state index contributed by atoms with van der Waals surface area (Å²) in [5.74, 6) is -0.360. The molecule has 0 aliphatic carbocycles. The van der Waals surface area contributed by atoms with Crippen molar-refractivity contribution in [2.75, 3.05) is 7.11 Å². The number of nitrogens with zero attached hydrogens (tertiary/aromatic N) is 1. The Kier molecular flexibility index (Phi) is 2.79. The zero-order valence-electron chi connectivity index (χ0n) is 8.95. The Morgan fingerprint density at radius 3 is 2.88 bits per heavy atom. The van der Waals surface area contributed by atoms with Crippen LogP contribution >= 0.6 is 11.6 Å². The highest BCUT2D eigenvalue weighted by atomic mass is 35.5. The molecule has 0 N–H and O–H groups in total. The molecule has 0 fully saturated rings. The average Bonchev–Trinajstić information content (AvgIpc) is 2.32. The van der Waals surface area contributed by atoms with Gasteiger partial charge in [-0.2, -0.15) is 0 Å². The number of carbonyl (C=O) groups is 1. The summed E-state index contributed by atoms with van der Waals surface area (Å²) in [5, 5.41) is 1.46. The van der Waals surface area contributed by atoms with E-state index in [4.69, 9.17) is 11.6 Å². The third-order valence-corrected chi connectivity index (χ3v) is 2.88. The molecule has 0 spiro atoms. The molecular formula is C12H10ClNO2. The van der Waals surface area contributed by atoms with Gasteiger partial charge in [-0.3, -0.25) is 4.98 Å². The minimum absolute atomic E-state index is 0.360. The van der Waals surface area contributed by atoms with E-state index in [1.165, 1.54) is 7.11 Å². The van der Waals surface area contributed by atoms with E-state index in [0.29, 0.717) is 10.6 Å². The van der Waals surface area contributed by atoms with Crippen molar-refractivity contribution in [3.05, 3.63) is 40.5 Å². The molecule has 82 valence electrons. The zero-order valence-corrected chi connectivity index (χ0v) is 9.71. The van der Waals surface area contributed by atoms with Gasteiger partial charge in [0.25, 0.3) is 0 Å². The van der Waals surface area contributed by atoms with Crippen molar-refractivity contribution in [2.45, 2.75) is 6.92 Å². The van der Waals surface area contributed by atoms with Gasteiger partial charge in [0.2, 0.25) is 0 Å². The Labute approximate surface area is 98.0 Å². The molecule has 0 unspecified atom stereocenters. The van der Waals surface area contributed by atoms with Crippen LogP contribution in [0.5, 0.6) is 0 Å². The smallest absolute Gasteiger partial charge is 0.337 e. The summed E-state index contributed by atoms with van der Waals surface area (Å²) in [5.41, 5.74) is 2.23. The quantitative estimate of drug-likeness (QED) is 0.714. The fourth-order valence-corrected chi connectivity index (χ4v) is 1.70. The first-order valence-corrected chi connectivity index (χ1v) is 5.14. The van der Waals surface area contributed by atoms with E-state index in [-0.39, 0.29) is 5.97 Å². The monoisotopic (exact) mass is 235 g/mol. The molecule has 1 heterocycles. The fourth-order valence-electron chi connectivity index (χ4n) is 1.55. The molecule has 1 aromatic heterocycles. The molecule has 0 saturated carbocycles. The molecule has 0 bridgehead atoms. The fraction of sp³-hybridized carbons (Fsp3) is 0.167. The molecule has 1 aromatic carbocycles. The van der Waals surface area contributed by atoms with Gasteiger partial charge < -0.3 is 4.74 Å². The minimum Gasteiger partial charge on any atom is -0.465 e. The van der Waals surface area contributed by atoms with Crippen LogP contribution in [0.2, 0.25) is 5.02 Å². The number of ether oxygens (including phenoxy) is 1. The van der Waals surface area contributed by atoms with E-state index in [9.17, 15) is 4.79 Å². The van der Waals surface area contributed by atoms with Crippen LogP contribution in [-0.2, 0) is 4.74 Å². The molecule has 0 aliphatic heterocycles. The summed E-state index contributed by atoms with van der Waals surface area (Å²) in [4.78, 5) is 15.6. The SMILES string of the molecule is COC(=O)c1ccc2ncc(Cl)c(C)c2c1. The van der Waals surface area contributed by atoms with E-state index in [0.717, 1.165) is 16.5 Å². The summed E-state index contributed by atoms with van der Waals surface area (Å²) in [6.45, 7) is 1.90. The van der Waals surface area contributed by atoms with Crippen molar-refractivity contribution in [1.29, 1.82) is 0 Å². The third-order valence-electron chi connectivity index (χ3n) is 2.50. The summed E-state index contributed by atoms with van der Waals surface area (Å²) in [7, 11) is 1.36. The molecule has 2 rings (SSSR count). The van der Waals surface area contributed by atoms with Gasteiger partial charge in [-0.1, -0.05) is 11.6 Å². The first kappa shape index (κ1) is 10.9. The van der Waals surface area contributed by atoms with Crippen LogP contribution in [0.1, 0.15) is 15.9 Å². The Morgan fingerprint density at radius 1 is 1.44 bits per heavy atom. The Morgan fingerprint density at radius 2 is 2.19 bits per heavy atom. The van der Waals surface area contributed by atoms with E-state index in [2.05, 4.69) is 9.72 Å². The molecule has 0 atom stereocenters. The summed E-state index contributed by atoms with van der Waals surface area (Å²) >= 11 is 5.97. The van der Waals surface area contributed by atoms with Crippen LogP contribution in [0, 0.1) is 6.92 Å². The van der Waals surface area contributed by atoms with E-state index < -0.39 is 0 Å². The number of halogens is 1. The molecule has 2 aromatic rings. The molecule has 0 saturated heterocycles. The van der Waals surface area contributed by atoms with Gasteiger partial charge >= 0.3 is 5.97 Å². The van der Waals surface area contributed by atoms with Gasteiger partial charge in [-0.25, -0.2) is 4.79 Å². The number of methoxy groups -OCH3 is 1. The second-order valence-electron chi connectivity index (χ2n) is 3.45. The maximum absolute atomic E-state index is 11.4. The molecule has 16 heavy (non-hydrogen) atoms. The largest absolute Gasteiger partial charge is 0.465 e. The zero-order chi connectivity index (χ0) is 11.7. The normalized spacial score (nSPS) is 10.4. The lowest BCUT2D eigenvalue weighted by atomic mass is 10.1. The molecule has 4 heteroatoms. The molecule has 0 aliphatic rings. The Balaban J connectivity index is 2.69. The van der Waals surface area contributed by atoms with Gasteiger partial charge in [0.1, 0.15) is 0 Å². The number of pyridine rings is 1. The first-order valence-electron chi connectivity index (χ1n) is 4.76. The molecular weight excluding hydrogens is 226 g/mol. The van der Waals surface area contributed by atoms with Crippen LogP contribution in [0.3, 0.4) is 0 Å². The van der Waals surface area contributed by atoms with Crippen LogP contribution in [0.4, 0.5) is 0 Å². The second-order valence-corrected chi connectivity index (χ2v) is 3.86. The van der Waals surface area contributed by atoms with Crippen molar-refractivity contribution in [3.8, 4) is 0 Å². The van der Waals surface area contributed by atoms with Gasteiger partial charge in [0.15, 0.2) is 0 Å². The number of aryl methyl sites for hydroxylation is 1. The minimum atomic E-state index is -0.360. The number of esters is 1. The predicted octanol–water partition coefficient (Wildman–Crippen LogP) is 2.98. The summed E-state index contributed by atoms with van der Waals surface area (Å²) in [6.07, 6.45) is 1.61. The topological polar surface area (TPSA) is 39.2 Å². The Hall–Kier alpha value is -1.61. The predicted molar refractivity (Wildman–Crippen MR) is 62.8 cm³/mol. The number of hydrogen-bond donors (Lipinski definition) is 0. The lowest BCUT2D eigenvalue weighted by molar-refractivity contribution is 0.0601. The van der Waals surface area contributed by atoms with Crippen LogP contribution in [-0.4, -0.2) is 18.1 Å². The summed E-state index contributed by atoms with van der Waals surface area (Å²) in [6, 6.07) is 5.22. The van der Waals surface area contributed by atoms with Crippen molar-refractivity contribution in [3.63, 3.8) is 0 Å². The summed E-state index contributed by atoms with van der Waals surface area (Å²) < 4.78 is 4.66. The van der Waals surface area contributed by atoms with Crippen molar-refractivity contribution >= 4 is 28.5 Å². The molecule has 3 nitrogen and oxygen atoms in total. The number of benzene rings is 1. The third kappa shape index (κ3) is 1.74. The molecule has 0 radical (unpaired) electrons. The number of aromatic nitrogens is 1. The number of hydrogen-bond acceptors (Lipinski definition) is 3. The lowest BCUT2D eigenvalue weighted by Crippen LogP contribution is -2.01. The van der Waals surface area contributed by atoms with Crippen molar-refractivity contribution < 1.29 is 9.53 Å². The second kappa shape index (κ2) is 4.10. The standard InChI is InChI=1S/C12H10ClNO2/c1-7-9-5-8(12(15)16-2)3-4-11(9)14-6-10(7)13/h3-6H,1-2H3. The van der Waals surface area contributed by atoms with E-state index in [1.807, 2.05) is 6.92 Å². The lowest BCUT2D eigenvalue weighted by Gasteiger charge is -2.05. The number of fused-ring (bicyclic) bond motifs is 1. The highest BCUT2D eigenvalue weighted by molar-refractivity contribution is 6.32. The molecule has 0 amide bonds. The number of rotatable bonds is 1. The van der Waals surface area contributed by atoms with Crippen LogP contribution in [0.25, 0.3) is 10.9 Å². The maximum atomic E-state index is 11.4. The van der Waals surface area contributed by atoms with Gasteiger partial charge in [0, 0.05) is 11.6 Å². The Bertz CT molecular complexity index is 566. The first-order chi connectivity index (χ1) is 7.63. The van der Waals surface area contributed by atoms with E-state index >= 15 is 0 Å². The van der Waals surface area contributed by atoms with Crippen LogP contribution in [0.15, 0.2) is 24.4 Å². The van der Waals surface area contributed by atoms with Gasteiger partial charge in [-0.15, -0.1) is 0 Å². The van der Waals surface area contributed by atoms with Crippen molar-refractivity contribution in [2.24, 2.45) is 0 Å². The average molecular weight is 236 g/mol. The van der Waals surface area contributed by atoms with Gasteiger partial charge in [-0.05, 0) is 30.7 Å². The van der Waals surface area contributed by atoms with Crippen LogP contribution < -0.4 is 0 Å². The highest BCUT2D eigenvalue weighted by Gasteiger charge is 2.09. The van der Waals surface area contributed by atoms with Gasteiger partial charge in [0.05, 0.1) is 23.2 Å². The highest BCUT2D eigenvalue weighted by Crippen LogP contribution is 2.24. The maximum Gasteiger partial charge on any atom is 0.337 e. The van der Waals surface area contributed by atoms with Crippen molar-refractivity contribution in [1.82, 2.24) is 4.98 Å².